The first-order valence-corrected chi connectivity index (χ1v) is 5.80. The molecule has 0 bridgehead atoms. The van der Waals surface area contributed by atoms with Crippen LogP contribution in [0.15, 0.2) is 24.3 Å². The molecule has 4 heteroatoms. The Hall–Kier alpha value is -1.58. The van der Waals surface area contributed by atoms with Gasteiger partial charge in [-0.2, -0.15) is 0 Å². The van der Waals surface area contributed by atoms with Gasteiger partial charge in [0.2, 0.25) is 5.91 Å². The van der Waals surface area contributed by atoms with E-state index >= 15 is 0 Å². The van der Waals surface area contributed by atoms with Crippen molar-refractivity contribution in [1.29, 1.82) is 0 Å². The monoisotopic (exact) mass is 237 g/mol. The molecule has 1 fully saturated rings. The largest absolute Gasteiger partial charge is 0.492 e. The van der Waals surface area contributed by atoms with Gasteiger partial charge in [0.25, 0.3) is 0 Å². The Morgan fingerprint density at radius 1 is 1.53 bits per heavy atom. The third kappa shape index (κ3) is 3.44. The van der Waals surface area contributed by atoms with Crippen molar-refractivity contribution in [2.75, 3.05) is 20.2 Å². The minimum atomic E-state index is -0.315. The quantitative estimate of drug-likeness (QED) is 0.784. The van der Waals surface area contributed by atoms with Gasteiger partial charge in [-0.1, -0.05) is 6.07 Å². The van der Waals surface area contributed by atoms with Crippen molar-refractivity contribution in [3.8, 4) is 5.75 Å². The maximum absolute atomic E-state index is 12.9. The molecule has 0 spiro atoms. The number of benzene rings is 1. The maximum Gasteiger partial charge on any atom is 0.225 e. The first-order valence-electron chi connectivity index (χ1n) is 5.80. The molecule has 3 nitrogen and oxygen atoms in total. The zero-order valence-electron chi connectivity index (χ0n) is 9.86. The molecule has 0 N–H and O–H groups in total. The van der Waals surface area contributed by atoms with E-state index in [2.05, 4.69) is 0 Å². The second-order valence-electron chi connectivity index (χ2n) is 4.34. The minimum Gasteiger partial charge on any atom is -0.492 e. The number of ether oxygens (including phenoxy) is 1. The molecule has 1 aromatic rings. The Labute approximate surface area is 100 Å². The van der Waals surface area contributed by atoms with E-state index in [0.717, 1.165) is 12.8 Å². The lowest BCUT2D eigenvalue weighted by molar-refractivity contribution is -0.131. The van der Waals surface area contributed by atoms with Crippen molar-refractivity contribution in [3.63, 3.8) is 0 Å². The summed E-state index contributed by atoms with van der Waals surface area (Å²) in [5.41, 5.74) is 0. The van der Waals surface area contributed by atoms with Crippen LogP contribution in [-0.2, 0) is 4.79 Å². The fourth-order valence-corrected chi connectivity index (χ4v) is 1.61. The molecule has 92 valence electrons. The Balaban J connectivity index is 1.73. The molecule has 0 aromatic heterocycles. The number of nitrogens with zero attached hydrogens (tertiary/aromatic N) is 1. The Kier molecular flexibility index (Phi) is 3.61. The standard InChI is InChI=1S/C13H16FNO2/c1-15(13(16)10-5-6-10)7-8-17-12-4-2-3-11(14)9-12/h2-4,9-10H,5-8H2,1H3. The number of hydrogen-bond donors (Lipinski definition) is 0. The normalized spacial score (nSPS) is 14.5. The molecule has 17 heavy (non-hydrogen) atoms. The summed E-state index contributed by atoms with van der Waals surface area (Å²) in [6.07, 6.45) is 2.02. The van der Waals surface area contributed by atoms with E-state index in [0.29, 0.717) is 18.9 Å². The third-order valence-corrected chi connectivity index (χ3v) is 2.79. The van der Waals surface area contributed by atoms with E-state index in [1.165, 1.54) is 12.1 Å². The van der Waals surface area contributed by atoms with Gasteiger partial charge >= 0.3 is 0 Å². The number of likely N-dealkylation sites (N-methyl/N-ethyl adjacent to an activating group) is 1. The molecule has 0 saturated heterocycles. The highest BCUT2D eigenvalue weighted by Gasteiger charge is 2.31. The summed E-state index contributed by atoms with van der Waals surface area (Å²) in [4.78, 5) is 13.3. The summed E-state index contributed by atoms with van der Waals surface area (Å²) < 4.78 is 18.2. The lowest BCUT2D eigenvalue weighted by Gasteiger charge is -2.17. The summed E-state index contributed by atoms with van der Waals surface area (Å²) in [5.74, 6) is 0.601. The van der Waals surface area contributed by atoms with Crippen molar-refractivity contribution >= 4 is 5.91 Å². The van der Waals surface area contributed by atoms with Crippen LogP contribution in [0, 0.1) is 11.7 Å². The first-order chi connectivity index (χ1) is 8.16. The molecule has 0 atom stereocenters. The van der Waals surface area contributed by atoms with Crippen LogP contribution >= 0.6 is 0 Å². The number of halogens is 1. The zero-order valence-corrected chi connectivity index (χ0v) is 9.86. The summed E-state index contributed by atoms with van der Waals surface area (Å²) in [6, 6.07) is 6.01. The Bertz CT molecular complexity index is 404. The molecule has 0 radical (unpaired) electrons. The van der Waals surface area contributed by atoms with Gasteiger partial charge in [-0.25, -0.2) is 4.39 Å². The van der Waals surface area contributed by atoms with Crippen molar-refractivity contribution in [1.82, 2.24) is 4.90 Å². The van der Waals surface area contributed by atoms with Gasteiger partial charge in [-0.05, 0) is 25.0 Å². The second-order valence-corrected chi connectivity index (χ2v) is 4.34. The van der Waals surface area contributed by atoms with E-state index in [1.54, 1.807) is 24.1 Å². The zero-order chi connectivity index (χ0) is 12.3. The average Bonchev–Trinajstić information content (AvgIpc) is 3.12. The molecule has 1 aliphatic rings. The van der Waals surface area contributed by atoms with Gasteiger partial charge in [-0.3, -0.25) is 4.79 Å². The van der Waals surface area contributed by atoms with Crippen molar-refractivity contribution in [2.24, 2.45) is 5.92 Å². The molecule has 1 saturated carbocycles. The van der Waals surface area contributed by atoms with Gasteiger partial charge in [0.15, 0.2) is 0 Å². The van der Waals surface area contributed by atoms with Crippen molar-refractivity contribution in [2.45, 2.75) is 12.8 Å². The van der Waals surface area contributed by atoms with E-state index < -0.39 is 0 Å². The predicted molar refractivity (Wildman–Crippen MR) is 62.3 cm³/mol. The average molecular weight is 237 g/mol. The number of carbonyl (C=O) groups is 1. The van der Waals surface area contributed by atoms with Crippen LogP contribution in [0.2, 0.25) is 0 Å². The number of hydrogen-bond acceptors (Lipinski definition) is 2. The van der Waals surface area contributed by atoms with Crippen LogP contribution in [0.4, 0.5) is 4.39 Å². The van der Waals surface area contributed by atoms with Crippen LogP contribution in [0.25, 0.3) is 0 Å². The van der Waals surface area contributed by atoms with Crippen LogP contribution < -0.4 is 4.74 Å². The fraction of sp³-hybridized carbons (Fsp3) is 0.462. The molecule has 1 amide bonds. The Morgan fingerprint density at radius 3 is 2.94 bits per heavy atom. The Morgan fingerprint density at radius 2 is 2.29 bits per heavy atom. The molecular weight excluding hydrogens is 221 g/mol. The topological polar surface area (TPSA) is 29.5 Å². The van der Waals surface area contributed by atoms with Gasteiger partial charge in [-0.15, -0.1) is 0 Å². The molecule has 0 unspecified atom stereocenters. The summed E-state index contributed by atoms with van der Waals surface area (Å²) >= 11 is 0. The van der Waals surface area contributed by atoms with Crippen LogP contribution in [0.5, 0.6) is 5.75 Å². The third-order valence-electron chi connectivity index (χ3n) is 2.79. The minimum absolute atomic E-state index is 0.188. The highest BCUT2D eigenvalue weighted by atomic mass is 19.1. The van der Waals surface area contributed by atoms with Gasteiger partial charge in [0.1, 0.15) is 18.2 Å². The molecule has 1 aliphatic carbocycles. The van der Waals surface area contributed by atoms with Crippen LogP contribution in [0.1, 0.15) is 12.8 Å². The summed E-state index contributed by atoms with van der Waals surface area (Å²) in [5, 5.41) is 0. The molecule has 0 aliphatic heterocycles. The van der Waals surface area contributed by atoms with E-state index in [4.69, 9.17) is 4.74 Å². The van der Waals surface area contributed by atoms with Gasteiger partial charge < -0.3 is 9.64 Å². The van der Waals surface area contributed by atoms with E-state index in [1.807, 2.05) is 0 Å². The molecule has 0 heterocycles. The lowest BCUT2D eigenvalue weighted by atomic mass is 10.3. The van der Waals surface area contributed by atoms with Crippen molar-refractivity contribution < 1.29 is 13.9 Å². The molecule has 2 rings (SSSR count). The predicted octanol–water partition coefficient (Wildman–Crippen LogP) is 2.07. The summed E-state index contributed by atoms with van der Waals surface area (Å²) in [7, 11) is 1.77. The fourth-order valence-electron chi connectivity index (χ4n) is 1.61. The smallest absolute Gasteiger partial charge is 0.225 e. The van der Waals surface area contributed by atoms with E-state index in [-0.39, 0.29) is 17.6 Å². The number of rotatable bonds is 5. The van der Waals surface area contributed by atoms with Crippen molar-refractivity contribution in [3.05, 3.63) is 30.1 Å². The SMILES string of the molecule is CN(CCOc1cccc(F)c1)C(=O)C1CC1. The number of carbonyl (C=O) groups excluding carboxylic acids is 1. The van der Waals surface area contributed by atoms with Gasteiger partial charge in [0.05, 0.1) is 6.54 Å². The van der Waals surface area contributed by atoms with Crippen LogP contribution in [-0.4, -0.2) is 31.0 Å². The molecule has 1 aromatic carbocycles. The molecular formula is C13H16FNO2. The lowest BCUT2D eigenvalue weighted by Crippen LogP contribution is -2.31. The first kappa shape index (κ1) is 11.9. The van der Waals surface area contributed by atoms with E-state index in [9.17, 15) is 9.18 Å². The van der Waals surface area contributed by atoms with Crippen LogP contribution in [0.3, 0.4) is 0 Å². The maximum atomic E-state index is 12.9. The highest BCUT2D eigenvalue weighted by molar-refractivity contribution is 5.80. The second kappa shape index (κ2) is 5.17. The highest BCUT2D eigenvalue weighted by Crippen LogP contribution is 2.30. The van der Waals surface area contributed by atoms with Gasteiger partial charge in [0, 0.05) is 19.0 Å². The summed E-state index contributed by atoms with van der Waals surface area (Å²) in [6.45, 7) is 0.921. The number of amides is 1.